The number of alkyl halides is 3. The number of allylic oxidation sites excluding steroid dienone is 2. The molecule has 0 aliphatic carbocycles. The molecule has 0 unspecified atom stereocenters. The van der Waals surface area contributed by atoms with E-state index in [4.69, 9.17) is 4.74 Å². The van der Waals surface area contributed by atoms with Crippen molar-refractivity contribution in [1.82, 2.24) is 30.8 Å². The van der Waals surface area contributed by atoms with Gasteiger partial charge in [-0.15, -0.1) is 13.2 Å². The van der Waals surface area contributed by atoms with E-state index in [2.05, 4.69) is 31.0 Å². The van der Waals surface area contributed by atoms with Crippen LogP contribution in [0.5, 0.6) is 5.75 Å². The Morgan fingerprint density at radius 3 is 2.59 bits per heavy atom. The highest BCUT2D eigenvalue weighted by Crippen LogP contribution is 2.32. The highest BCUT2D eigenvalue weighted by Gasteiger charge is 2.32. The molecule has 1 aliphatic rings. The number of benzene rings is 1. The van der Waals surface area contributed by atoms with E-state index in [0.29, 0.717) is 23.0 Å². The Bertz CT molecular complexity index is 1250. The minimum atomic E-state index is -4.86. The molecule has 2 aromatic heterocycles. The second-order valence-electron chi connectivity index (χ2n) is 6.60. The predicted molar refractivity (Wildman–Crippen MR) is 107 cm³/mol. The standard InChI is InChI=1S/C20H17F3N6O3/c1-11-18(19(30)25-15-8-10-17(31-2)27-26-15)29-16(24-11)9-7-13(28-29)12-5-3-4-6-14(12)32-20(21,22)23/h3-10,26-27H,1-2H3,(H,25,30). The fraction of sp³-hybridized carbons (Fsp3) is 0.150. The van der Waals surface area contributed by atoms with E-state index >= 15 is 0 Å². The van der Waals surface area contributed by atoms with Crippen LogP contribution in [0.4, 0.5) is 13.2 Å². The number of hydrazine groups is 1. The Morgan fingerprint density at radius 2 is 1.91 bits per heavy atom. The van der Waals surface area contributed by atoms with Crippen molar-refractivity contribution < 1.29 is 27.4 Å². The summed E-state index contributed by atoms with van der Waals surface area (Å²) >= 11 is 0. The van der Waals surface area contributed by atoms with E-state index < -0.39 is 18.0 Å². The number of ether oxygens (including phenoxy) is 2. The molecule has 0 bridgehead atoms. The number of carbonyl (C=O) groups is 1. The Balaban J connectivity index is 1.71. The largest absolute Gasteiger partial charge is 0.573 e. The molecule has 0 saturated carbocycles. The van der Waals surface area contributed by atoms with Gasteiger partial charge in [-0.2, -0.15) is 5.10 Å². The third-order valence-electron chi connectivity index (χ3n) is 4.45. The quantitative estimate of drug-likeness (QED) is 0.554. The molecule has 166 valence electrons. The van der Waals surface area contributed by atoms with Crippen LogP contribution in [-0.2, 0) is 4.74 Å². The third-order valence-corrected chi connectivity index (χ3v) is 4.45. The molecule has 0 atom stereocenters. The van der Waals surface area contributed by atoms with Gasteiger partial charge in [0.1, 0.15) is 11.6 Å². The Labute approximate surface area is 179 Å². The predicted octanol–water partition coefficient (Wildman–Crippen LogP) is 2.77. The second kappa shape index (κ2) is 8.13. The van der Waals surface area contributed by atoms with Gasteiger partial charge in [-0.25, -0.2) is 9.50 Å². The first-order valence-corrected chi connectivity index (χ1v) is 9.26. The fourth-order valence-electron chi connectivity index (χ4n) is 3.08. The molecule has 12 heteroatoms. The number of hydrogen-bond donors (Lipinski definition) is 3. The highest BCUT2D eigenvalue weighted by atomic mass is 19.4. The summed E-state index contributed by atoms with van der Waals surface area (Å²) in [5, 5.41) is 7.03. The topological polar surface area (TPSA) is 102 Å². The van der Waals surface area contributed by atoms with Crippen molar-refractivity contribution >= 4 is 11.6 Å². The van der Waals surface area contributed by atoms with Gasteiger partial charge in [0, 0.05) is 11.6 Å². The molecule has 3 heterocycles. The van der Waals surface area contributed by atoms with Gasteiger partial charge in [0.05, 0.1) is 18.5 Å². The molecular weight excluding hydrogens is 429 g/mol. The van der Waals surface area contributed by atoms with Crippen molar-refractivity contribution in [2.45, 2.75) is 13.3 Å². The molecule has 0 spiro atoms. The van der Waals surface area contributed by atoms with Gasteiger partial charge >= 0.3 is 6.36 Å². The minimum Gasteiger partial charge on any atom is -0.481 e. The van der Waals surface area contributed by atoms with E-state index in [1.54, 1.807) is 31.2 Å². The molecule has 32 heavy (non-hydrogen) atoms. The Hall–Kier alpha value is -4.22. The first-order valence-electron chi connectivity index (χ1n) is 9.26. The minimum absolute atomic E-state index is 0.113. The molecular formula is C20H17F3N6O3. The van der Waals surface area contributed by atoms with Crippen molar-refractivity contribution in [3.63, 3.8) is 0 Å². The number of carbonyl (C=O) groups excluding carboxylic acids is 1. The first kappa shape index (κ1) is 21.0. The molecule has 0 saturated heterocycles. The average molecular weight is 446 g/mol. The summed E-state index contributed by atoms with van der Waals surface area (Å²) in [7, 11) is 1.49. The highest BCUT2D eigenvalue weighted by molar-refractivity contribution is 5.95. The lowest BCUT2D eigenvalue weighted by Crippen LogP contribution is -2.41. The second-order valence-corrected chi connectivity index (χ2v) is 6.60. The van der Waals surface area contributed by atoms with Crippen molar-refractivity contribution in [1.29, 1.82) is 0 Å². The Morgan fingerprint density at radius 1 is 1.12 bits per heavy atom. The lowest BCUT2D eigenvalue weighted by atomic mass is 10.1. The van der Waals surface area contributed by atoms with Crippen molar-refractivity contribution in [2.75, 3.05) is 7.11 Å². The number of aromatic nitrogens is 3. The smallest absolute Gasteiger partial charge is 0.481 e. The summed E-state index contributed by atoms with van der Waals surface area (Å²) < 4.78 is 48.8. The number of aryl methyl sites for hydroxylation is 1. The van der Waals surface area contributed by atoms with Gasteiger partial charge in [0.15, 0.2) is 11.3 Å². The summed E-state index contributed by atoms with van der Waals surface area (Å²) in [6.07, 6.45) is -1.65. The number of fused-ring (bicyclic) bond motifs is 1. The lowest BCUT2D eigenvalue weighted by molar-refractivity contribution is -0.274. The van der Waals surface area contributed by atoms with Crippen LogP contribution in [0.25, 0.3) is 16.9 Å². The van der Waals surface area contributed by atoms with Crippen molar-refractivity contribution in [2.24, 2.45) is 0 Å². The molecule has 1 aromatic carbocycles. The number of halogens is 3. The van der Waals surface area contributed by atoms with Gasteiger partial charge in [0.2, 0.25) is 5.88 Å². The lowest BCUT2D eigenvalue weighted by Gasteiger charge is -2.18. The van der Waals surface area contributed by atoms with Crippen LogP contribution in [0.15, 0.2) is 60.3 Å². The van der Waals surface area contributed by atoms with Crippen molar-refractivity contribution in [3.8, 4) is 17.0 Å². The fourth-order valence-corrected chi connectivity index (χ4v) is 3.08. The maximum absolute atomic E-state index is 12.9. The summed E-state index contributed by atoms with van der Waals surface area (Å²) in [6, 6.07) is 8.69. The zero-order valence-electron chi connectivity index (χ0n) is 16.8. The molecule has 3 N–H and O–H groups in total. The summed E-state index contributed by atoms with van der Waals surface area (Å²) in [5.74, 6) is -0.113. The molecule has 1 amide bonds. The number of rotatable bonds is 5. The number of hydrogen-bond acceptors (Lipinski definition) is 7. The molecule has 9 nitrogen and oxygen atoms in total. The van der Waals surface area contributed by atoms with Gasteiger partial charge in [-0.1, -0.05) is 12.1 Å². The Kier molecular flexibility index (Phi) is 5.34. The summed E-state index contributed by atoms with van der Waals surface area (Å²) in [5.41, 5.74) is 6.66. The van der Waals surface area contributed by atoms with Crippen LogP contribution in [0.1, 0.15) is 16.2 Å². The molecule has 0 radical (unpaired) electrons. The zero-order chi connectivity index (χ0) is 22.9. The maximum atomic E-state index is 12.9. The number of imidazole rings is 1. The average Bonchev–Trinajstić information content (AvgIpc) is 3.08. The normalized spacial score (nSPS) is 13.5. The van der Waals surface area contributed by atoms with Crippen LogP contribution < -0.4 is 20.9 Å². The molecule has 0 fully saturated rings. The van der Waals surface area contributed by atoms with Crippen molar-refractivity contribution in [3.05, 3.63) is 71.6 Å². The third kappa shape index (κ3) is 4.29. The number of nitrogens with zero attached hydrogens (tertiary/aromatic N) is 3. The number of nitrogens with one attached hydrogen (secondary N) is 3. The molecule has 3 aromatic rings. The van der Waals surface area contributed by atoms with Crippen LogP contribution in [0.2, 0.25) is 0 Å². The number of methoxy groups -OCH3 is 1. The SMILES string of the molecule is COC1=CC=C(NC(=O)c2c(C)nc3ccc(-c4ccccc4OC(F)(F)F)nn23)NN1. The maximum Gasteiger partial charge on any atom is 0.573 e. The van der Waals surface area contributed by atoms with E-state index in [1.807, 2.05) is 0 Å². The van der Waals surface area contributed by atoms with Gasteiger partial charge in [-0.3, -0.25) is 15.6 Å². The van der Waals surface area contributed by atoms with Gasteiger partial charge in [0.25, 0.3) is 5.91 Å². The van der Waals surface area contributed by atoms with E-state index in [-0.39, 0.29) is 17.0 Å². The molecule has 1 aliphatic heterocycles. The van der Waals surface area contributed by atoms with E-state index in [9.17, 15) is 18.0 Å². The van der Waals surface area contributed by atoms with Gasteiger partial charge in [-0.05, 0) is 37.3 Å². The summed E-state index contributed by atoms with van der Waals surface area (Å²) in [6.45, 7) is 1.63. The van der Waals surface area contributed by atoms with Crippen LogP contribution in [0.3, 0.4) is 0 Å². The van der Waals surface area contributed by atoms with Crippen LogP contribution in [-0.4, -0.2) is 34.0 Å². The van der Waals surface area contributed by atoms with Crippen LogP contribution in [0, 0.1) is 6.92 Å². The van der Waals surface area contributed by atoms with E-state index in [1.165, 1.54) is 35.9 Å². The van der Waals surface area contributed by atoms with E-state index in [0.717, 1.165) is 0 Å². The monoisotopic (exact) mass is 446 g/mol. The summed E-state index contributed by atoms with van der Waals surface area (Å²) in [4.78, 5) is 17.2. The number of amides is 1. The van der Waals surface area contributed by atoms with Gasteiger partial charge < -0.3 is 14.8 Å². The van der Waals surface area contributed by atoms with Crippen LogP contribution >= 0.6 is 0 Å². The number of para-hydroxylation sites is 1. The zero-order valence-corrected chi connectivity index (χ0v) is 16.8. The first-order chi connectivity index (χ1) is 15.2. The molecule has 4 rings (SSSR count).